The molecule has 0 aromatic rings. The predicted octanol–water partition coefficient (Wildman–Crippen LogP) is 4.36. The number of hydrogen-bond donors (Lipinski definition) is 1. The van der Waals surface area contributed by atoms with Gasteiger partial charge in [0.1, 0.15) is 25.9 Å². The SMILES string of the molecule is CCCCCC/C=C\CCCCCCCC(=O)OC[C@@H](O)COP(=O)([O-])OCC[N+](C)(C)C. The van der Waals surface area contributed by atoms with E-state index in [-0.39, 0.29) is 13.2 Å². The second kappa shape index (κ2) is 19.5. The Kier molecular flexibility index (Phi) is 19.1. The van der Waals surface area contributed by atoms with E-state index in [1.807, 2.05) is 21.1 Å². The van der Waals surface area contributed by atoms with Crippen molar-refractivity contribution >= 4 is 13.8 Å². The molecule has 0 aliphatic heterocycles. The third-order valence-electron chi connectivity index (χ3n) is 5.02. The molecule has 8 nitrogen and oxygen atoms in total. The standard InChI is InChI=1S/C24H48NO7P/c1-5-6-7-8-9-10-11-12-13-14-15-16-17-18-24(27)30-21-23(26)22-32-33(28,29)31-20-19-25(2,3)4/h10-11,23,26H,5-9,12-22H2,1-4H3/b11-10-/t23-/m1/s1. The van der Waals surface area contributed by atoms with Gasteiger partial charge >= 0.3 is 5.97 Å². The molecule has 0 saturated heterocycles. The first-order valence-corrected chi connectivity index (χ1v) is 13.9. The fourth-order valence-electron chi connectivity index (χ4n) is 2.94. The quantitative estimate of drug-likeness (QED) is 0.0785. The van der Waals surface area contributed by atoms with Gasteiger partial charge in [-0.05, 0) is 32.1 Å². The molecular formula is C24H48NO7P. The highest BCUT2D eigenvalue weighted by Crippen LogP contribution is 2.38. The zero-order valence-corrected chi connectivity index (χ0v) is 22.2. The van der Waals surface area contributed by atoms with Crippen LogP contribution in [0.2, 0.25) is 0 Å². The van der Waals surface area contributed by atoms with Gasteiger partial charge in [0.05, 0.1) is 27.7 Å². The van der Waals surface area contributed by atoms with Crippen LogP contribution in [0.25, 0.3) is 0 Å². The Morgan fingerprint density at radius 2 is 1.52 bits per heavy atom. The summed E-state index contributed by atoms with van der Waals surface area (Å²) in [5, 5.41) is 9.77. The molecule has 0 heterocycles. The maximum Gasteiger partial charge on any atom is 0.305 e. The van der Waals surface area contributed by atoms with Crippen LogP contribution in [-0.4, -0.2) is 69.2 Å². The molecule has 0 spiro atoms. The van der Waals surface area contributed by atoms with Crippen LogP contribution >= 0.6 is 7.82 Å². The smallest absolute Gasteiger partial charge is 0.305 e. The Labute approximate surface area is 201 Å². The fourth-order valence-corrected chi connectivity index (χ4v) is 3.67. The molecule has 1 N–H and O–H groups in total. The van der Waals surface area contributed by atoms with Gasteiger partial charge in [-0.15, -0.1) is 0 Å². The Hall–Kier alpha value is -0.760. The van der Waals surface area contributed by atoms with Crippen LogP contribution in [0, 0.1) is 0 Å². The summed E-state index contributed by atoms with van der Waals surface area (Å²) in [4.78, 5) is 23.4. The Morgan fingerprint density at radius 3 is 2.12 bits per heavy atom. The minimum Gasteiger partial charge on any atom is -0.756 e. The number of ether oxygens (including phenoxy) is 1. The van der Waals surface area contributed by atoms with E-state index in [0.29, 0.717) is 17.4 Å². The largest absolute Gasteiger partial charge is 0.756 e. The van der Waals surface area contributed by atoms with Crippen LogP contribution in [-0.2, 0) is 23.1 Å². The highest BCUT2D eigenvalue weighted by molar-refractivity contribution is 7.45. The first-order chi connectivity index (χ1) is 15.6. The molecule has 0 aliphatic carbocycles. The van der Waals surface area contributed by atoms with Crippen molar-refractivity contribution in [2.45, 2.75) is 90.1 Å². The highest BCUT2D eigenvalue weighted by atomic mass is 31.2. The van der Waals surface area contributed by atoms with Gasteiger partial charge in [-0.1, -0.05) is 57.6 Å². The summed E-state index contributed by atoms with van der Waals surface area (Å²) >= 11 is 0. The molecule has 0 amide bonds. The summed E-state index contributed by atoms with van der Waals surface area (Å²) in [5.41, 5.74) is 0. The predicted molar refractivity (Wildman–Crippen MR) is 130 cm³/mol. The molecule has 0 fully saturated rings. The van der Waals surface area contributed by atoms with Crippen molar-refractivity contribution < 1.29 is 37.6 Å². The number of aliphatic hydroxyl groups is 1. The number of carbonyl (C=O) groups is 1. The number of esters is 1. The van der Waals surface area contributed by atoms with Gasteiger partial charge < -0.3 is 28.3 Å². The molecule has 1 unspecified atom stereocenters. The third kappa shape index (κ3) is 24.2. The molecule has 2 atom stereocenters. The molecule has 33 heavy (non-hydrogen) atoms. The molecule has 0 radical (unpaired) electrons. The molecule has 0 aromatic carbocycles. The van der Waals surface area contributed by atoms with E-state index < -0.39 is 26.5 Å². The lowest BCUT2D eigenvalue weighted by atomic mass is 10.1. The van der Waals surface area contributed by atoms with Gasteiger partial charge in [0.15, 0.2) is 0 Å². The lowest BCUT2D eigenvalue weighted by molar-refractivity contribution is -0.870. The number of carbonyl (C=O) groups excluding carboxylic acids is 1. The number of rotatable bonds is 22. The van der Waals surface area contributed by atoms with Gasteiger partial charge in [-0.2, -0.15) is 0 Å². The second-order valence-electron chi connectivity index (χ2n) is 9.55. The van der Waals surface area contributed by atoms with E-state index in [9.17, 15) is 19.4 Å². The topological polar surface area (TPSA) is 105 Å². The van der Waals surface area contributed by atoms with E-state index in [1.165, 1.54) is 38.5 Å². The number of phosphoric ester groups is 1. The second-order valence-corrected chi connectivity index (χ2v) is 11.0. The number of phosphoric acid groups is 1. The van der Waals surface area contributed by atoms with Crippen molar-refractivity contribution in [1.29, 1.82) is 0 Å². The lowest BCUT2D eigenvalue weighted by Gasteiger charge is -2.27. The van der Waals surface area contributed by atoms with Crippen LogP contribution < -0.4 is 4.89 Å². The summed E-state index contributed by atoms with van der Waals surface area (Å²) in [7, 11) is 1.24. The van der Waals surface area contributed by atoms with Crippen molar-refractivity contribution in [2.75, 3.05) is 47.5 Å². The first kappa shape index (κ1) is 32.2. The monoisotopic (exact) mass is 493 g/mol. The number of hydrogen-bond acceptors (Lipinski definition) is 7. The van der Waals surface area contributed by atoms with Crippen molar-refractivity contribution in [3.05, 3.63) is 12.2 Å². The minimum atomic E-state index is -4.49. The van der Waals surface area contributed by atoms with Gasteiger partial charge in [0, 0.05) is 6.42 Å². The molecule has 0 aliphatic rings. The summed E-state index contributed by atoms with van der Waals surface area (Å²) in [6, 6.07) is 0. The molecule has 9 heteroatoms. The number of allylic oxidation sites excluding steroid dienone is 2. The third-order valence-corrected chi connectivity index (χ3v) is 5.98. The van der Waals surface area contributed by atoms with E-state index in [1.54, 1.807) is 0 Å². The van der Waals surface area contributed by atoms with Crippen LogP contribution in [0.15, 0.2) is 12.2 Å². The molecule has 196 valence electrons. The fraction of sp³-hybridized carbons (Fsp3) is 0.875. The molecular weight excluding hydrogens is 445 g/mol. The van der Waals surface area contributed by atoms with Crippen LogP contribution in [0.3, 0.4) is 0 Å². The molecule has 0 saturated carbocycles. The Balaban J connectivity index is 3.63. The van der Waals surface area contributed by atoms with E-state index in [4.69, 9.17) is 9.26 Å². The summed E-state index contributed by atoms with van der Waals surface area (Å²) in [6.45, 7) is 1.90. The zero-order chi connectivity index (χ0) is 25.0. The van der Waals surface area contributed by atoms with Crippen LogP contribution in [0.4, 0.5) is 0 Å². The number of nitrogens with zero attached hydrogens (tertiary/aromatic N) is 1. The lowest BCUT2D eigenvalue weighted by Crippen LogP contribution is -2.37. The maximum absolute atomic E-state index is 11.8. The molecule has 0 rings (SSSR count). The number of unbranched alkanes of at least 4 members (excludes halogenated alkanes) is 9. The minimum absolute atomic E-state index is 0.00875. The highest BCUT2D eigenvalue weighted by Gasteiger charge is 2.16. The van der Waals surface area contributed by atoms with Gasteiger partial charge in [-0.3, -0.25) is 9.36 Å². The van der Waals surface area contributed by atoms with Crippen molar-refractivity contribution in [3.8, 4) is 0 Å². The van der Waals surface area contributed by atoms with Crippen LogP contribution in [0.1, 0.15) is 84.0 Å². The van der Waals surface area contributed by atoms with Crippen LogP contribution in [0.5, 0.6) is 0 Å². The number of aliphatic hydroxyl groups excluding tert-OH is 1. The average Bonchev–Trinajstić information content (AvgIpc) is 2.73. The summed E-state index contributed by atoms with van der Waals surface area (Å²) in [6.07, 6.45) is 16.3. The van der Waals surface area contributed by atoms with Crippen molar-refractivity contribution in [2.24, 2.45) is 0 Å². The zero-order valence-electron chi connectivity index (χ0n) is 21.3. The van der Waals surface area contributed by atoms with E-state index >= 15 is 0 Å². The summed E-state index contributed by atoms with van der Waals surface area (Å²) in [5.74, 6) is -0.399. The normalized spacial score (nSPS) is 15.0. The maximum atomic E-state index is 11.8. The Bertz CT molecular complexity index is 564. The van der Waals surface area contributed by atoms with E-state index in [2.05, 4.69) is 23.6 Å². The first-order valence-electron chi connectivity index (χ1n) is 12.4. The average molecular weight is 494 g/mol. The number of likely N-dealkylation sites (N-methyl/N-ethyl adjacent to an activating group) is 1. The van der Waals surface area contributed by atoms with Gasteiger partial charge in [0.25, 0.3) is 7.82 Å². The van der Waals surface area contributed by atoms with Crippen molar-refractivity contribution in [3.63, 3.8) is 0 Å². The summed E-state index contributed by atoms with van der Waals surface area (Å²) < 4.78 is 26.6. The molecule has 0 bridgehead atoms. The van der Waals surface area contributed by atoms with Gasteiger partial charge in [-0.25, -0.2) is 0 Å². The van der Waals surface area contributed by atoms with Crippen molar-refractivity contribution in [1.82, 2.24) is 0 Å². The number of quaternary nitrogens is 1. The molecule has 0 aromatic heterocycles. The Morgan fingerprint density at radius 1 is 0.939 bits per heavy atom. The van der Waals surface area contributed by atoms with Gasteiger partial charge in [0.2, 0.25) is 0 Å². The van der Waals surface area contributed by atoms with E-state index in [0.717, 1.165) is 32.1 Å².